The van der Waals surface area contributed by atoms with Gasteiger partial charge >= 0.3 is 0 Å². The van der Waals surface area contributed by atoms with Crippen LogP contribution in [0, 0.1) is 5.92 Å². The van der Waals surface area contributed by atoms with E-state index in [2.05, 4.69) is 46.1 Å². The molecule has 2 aliphatic rings. The molecule has 14 heteroatoms. The van der Waals surface area contributed by atoms with Crippen LogP contribution >= 0.6 is 0 Å². The molecule has 0 bridgehead atoms. The summed E-state index contributed by atoms with van der Waals surface area (Å²) >= 11 is 0. The third-order valence-electron chi connectivity index (χ3n) is 8.56. The van der Waals surface area contributed by atoms with E-state index in [9.17, 15) is 10.2 Å². The van der Waals surface area contributed by atoms with Gasteiger partial charge in [-0.1, -0.05) is 44.2 Å². The lowest BCUT2D eigenvalue weighted by Crippen LogP contribution is -2.32. The van der Waals surface area contributed by atoms with Gasteiger partial charge in [-0.15, -0.1) is 0 Å². The van der Waals surface area contributed by atoms with E-state index in [0.717, 1.165) is 23.2 Å². The van der Waals surface area contributed by atoms with Crippen molar-refractivity contribution in [3.05, 3.63) is 84.2 Å². The molecule has 6 heterocycles. The third kappa shape index (κ3) is 5.83. The second-order valence-corrected chi connectivity index (χ2v) is 11.3. The lowest BCUT2D eigenvalue weighted by Gasteiger charge is -2.22. The Kier molecular flexibility index (Phi) is 8.94. The maximum absolute atomic E-state index is 9.99. The molecular weight excluding hydrogens is 580 g/mol. The summed E-state index contributed by atoms with van der Waals surface area (Å²) in [4.78, 5) is 7.93. The molecule has 0 amide bonds. The molecule has 0 saturated carbocycles. The quantitative estimate of drug-likeness (QED) is 0.178. The second-order valence-electron chi connectivity index (χ2n) is 11.3. The summed E-state index contributed by atoms with van der Waals surface area (Å²) in [5.74, 6) is 1.07. The van der Waals surface area contributed by atoms with E-state index >= 15 is 0 Å². The zero-order valence-electron chi connectivity index (χ0n) is 25.0. The fourth-order valence-corrected chi connectivity index (χ4v) is 6.11. The van der Waals surface area contributed by atoms with Gasteiger partial charge in [-0.3, -0.25) is 0 Å². The minimum Gasteiger partial charge on any atom is -0.394 e. The third-order valence-corrected chi connectivity index (χ3v) is 8.56. The Labute approximate surface area is 259 Å². The Balaban J connectivity index is 0.000000167. The van der Waals surface area contributed by atoms with Crippen molar-refractivity contribution in [2.45, 2.75) is 69.6 Å². The summed E-state index contributed by atoms with van der Waals surface area (Å²) in [6.45, 7) is 4.54. The number of aliphatic hydroxyl groups is 3. The van der Waals surface area contributed by atoms with Crippen molar-refractivity contribution >= 4 is 22.7 Å². The highest BCUT2D eigenvalue weighted by atomic mass is 16.6. The molecule has 2 fully saturated rings. The van der Waals surface area contributed by atoms with Crippen LogP contribution in [0.3, 0.4) is 0 Å². The molecule has 8 atom stereocenters. The maximum atomic E-state index is 9.99. The van der Waals surface area contributed by atoms with Crippen LogP contribution in [0.15, 0.2) is 67.3 Å². The molecule has 238 valence electrons. The summed E-state index contributed by atoms with van der Waals surface area (Å²) in [6, 6.07) is 17.6. The van der Waals surface area contributed by atoms with E-state index in [1.165, 1.54) is 17.2 Å². The lowest BCUT2D eigenvalue weighted by molar-refractivity contribution is -0.0362. The molecular formula is C31H38N8O6. The number of hydrogen-bond acceptors (Lipinski definition) is 12. The van der Waals surface area contributed by atoms with Crippen LogP contribution in [0.25, 0.3) is 11.0 Å². The molecule has 0 aliphatic carbocycles. The summed E-state index contributed by atoms with van der Waals surface area (Å²) in [6.07, 6.45) is -0.215. The molecule has 2 saturated heterocycles. The van der Waals surface area contributed by atoms with Crippen molar-refractivity contribution in [3.63, 3.8) is 0 Å². The topological polar surface area (TPSA) is 201 Å². The van der Waals surface area contributed by atoms with E-state index in [1.54, 1.807) is 12.1 Å². The predicted molar refractivity (Wildman–Crippen MR) is 164 cm³/mol. The Hall–Kier alpha value is -4.18. The molecule has 45 heavy (non-hydrogen) atoms. The SMILES string of the molecule is CC[C@H]1O[C@@H](c2ccc3c(N)ncnn23)C(OCc2ccccc2)[C@@H]1C.Nc1ncnn2c([C@@H]3O[C@H](CO)[C@@H](O)[C@H]3O)ccc12. The molecule has 4 aromatic heterocycles. The van der Waals surface area contributed by atoms with Gasteiger partial charge in [-0.25, -0.2) is 19.0 Å². The minimum atomic E-state index is -1.14. The average molecular weight is 619 g/mol. The molecule has 2 aliphatic heterocycles. The molecule has 1 aromatic carbocycles. The van der Waals surface area contributed by atoms with Gasteiger partial charge in [0.05, 0.1) is 36.8 Å². The summed E-state index contributed by atoms with van der Waals surface area (Å²) in [5.41, 5.74) is 15.7. The number of ether oxygens (including phenoxy) is 3. The van der Waals surface area contributed by atoms with Crippen LogP contribution in [0.5, 0.6) is 0 Å². The molecule has 14 nitrogen and oxygen atoms in total. The van der Waals surface area contributed by atoms with Crippen molar-refractivity contribution < 1.29 is 29.5 Å². The van der Waals surface area contributed by atoms with Crippen molar-refractivity contribution in [2.75, 3.05) is 18.1 Å². The zero-order valence-corrected chi connectivity index (χ0v) is 25.0. The Bertz CT molecular complexity index is 1730. The summed E-state index contributed by atoms with van der Waals surface area (Å²) < 4.78 is 21.5. The van der Waals surface area contributed by atoms with E-state index in [1.807, 2.05) is 34.8 Å². The molecule has 5 aromatic rings. The van der Waals surface area contributed by atoms with E-state index < -0.39 is 24.4 Å². The summed E-state index contributed by atoms with van der Waals surface area (Å²) in [7, 11) is 0. The first kappa shape index (κ1) is 30.8. The molecule has 0 spiro atoms. The van der Waals surface area contributed by atoms with Crippen LogP contribution < -0.4 is 11.5 Å². The number of nitrogen functional groups attached to an aromatic ring is 2. The Morgan fingerprint density at radius 2 is 1.38 bits per heavy atom. The molecule has 7 rings (SSSR count). The fraction of sp³-hybridized carbons (Fsp3) is 0.419. The number of anilines is 2. The fourth-order valence-electron chi connectivity index (χ4n) is 6.11. The molecule has 0 radical (unpaired) electrons. The Morgan fingerprint density at radius 1 is 0.800 bits per heavy atom. The predicted octanol–water partition coefficient (Wildman–Crippen LogP) is 1.85. The van der Waals surface area contributed by atoms with Gasteiger partial charge in [0, 0.05) is 5.92 Å². The average Bonchev–Trinajstić information content (AvgIpc) is 3.82. The normalized spacial score (nSPS) is 28.0. The maximum Gasteiger partial charge on any atom is 0.151 e. The molecule has 1 unspecified atom stereocenters. The zero-order chi connectivity index (χ0) is 31.7. The number of nitrogens with two attached hydrogens (primary N) is 2. The van der Waals surface area contributed by atoms with Crippen LogP contribution in [0.4, 0.5) is 11.6 Å². The van der Waals surface area contributed by atoms with E-state index in [0.29, 0.717) is 35.4 Å². The number of hydrogen-bond donors (Lipinski definition) is 5. The van der Waals surface area contributed by atoms with E-state index in [4.69, 9.17) is 30.8 Å². The van der Waals surface area contributed by atoms with Gasteiger partial charge in [-0.2, -0.15) is 10.2 Å². The first-order valence-corrected chi connectivity index (χ1v) is 14.9. The van der Waals surface area contributed by atoms with E-state index in [-0.39, 0.29) is 24.9 Å². The number of aliphatic hydroxyl groups excluding tert-OH is 3. The van der Waals surface area contributed by atoms with Crippen LogP contribution in [-0.4, -0.2) is 81.6 Å². The first-order valence-electron chi connectivity index (χ1n) is 14.9. The highest BCUT2D eigenvalue weighted by molar-refractivity contribution is 5.66. The van der Waals surface area contributed by atoms with Crippen molar-refractivity contribution in [2.24, 2.45) is 5.92 Å². The number of fused-ring (bicyclic) bond motifs is 2. The Morgan fingerprint density at radius 3 is 1.93 bits per heavy atom. The molecule has 7 N–H and O–H groups in total. The number of aromatic nitrogens is 6. The van der Waals surface area contributed by atoms with Gasteiger partial charge in [0.1, 0.15) is 54.2 Å². The highest BCUT2D eigenvalue weighted by Crippen LogP contribution is 2.41. The van der Waals surface area contributed by atoms with Crippen molar-refractivity contribution in [1.82, 2.24) is 29.2 Å². The standard InChI is InChI=1S/C20H24N4O2.C11H14N4O4/c1-3-17-13(2)18(25-11-14-7-5-4-6-8-14)19(26-17)15-9-10-16-20(21)22-12-23-24(15)16;12-11-6-2-1-5(15(6)14-4-13-11)10-9(18)8(17)7(3-16)19-10/h4-10,12-13,17-19H,3,11H2,1-2H3,(H2,21,22,23);1-2,4,7-10,16-18H,3H2,(H2,12,13,14)/t13-,17-,18?,19+;7-,8-,9-,10+/m11/s1. The van der Waals surface area contributed by atoms with Crippen molar-refractivity contribution in [3.8, 4) is 0 Å². The van der Waals surface area contributed by atoms with Crippen LogP contribution in [-0.2, 0) is 20.8 Å². The van der Waals surface area contributed by atoms with Crippen molar-refractivity contribution in [1.29, 1.82) is 0 Å². The number of rotatable bonds is 7. The number of benzene rings is 1. The van der Waals surface area contributed by atoms with Gasteiger partial charge in [0.25, 0.3) is 0 Å². The number of nitrogens with zero attached hydrogens (tertiary/aromatic N) is 6. The van der Waals surface area contributed by atoms with Gasteiger partial charge in [0.15, 0.2) is 11.6 Å². The smallest absolute Gasteiger partial charge is 0.151 e. The van der Waals surface area contributed by atoms with Gasteiger partial charge in [-0.05, 0) is 36.2 Å². The summed E-state index contributed by atoms with van der Waals surface area (Å²) in [5, 5.41) is 37.2. The second kappa shape index (κ2) is 13.0. The highest BCUT2D eigenvalue weighted by Gasteiger charge is 2.45. The van der Waals surface area contributed by atoms with Crippen LogP contribution in [0.1, 0.15) is 49.4 Å². The van der Waals surface area contributed by atoms with Gasteiger partial charge < -0.3 is 41.0 Å². The minimum absolute atomic E-state index is 0.0468. The van der Waals surface area contributed by atoms with Crippen LogP contribution in [0.2, 0.25) is 0 Å². The largest absolute Gasteiger partial charge is 0.394 e. The lowest BCUT2D eigenvalue weighted by atomic mass is 9.95. The first-order chi connectivity index (χ1) is 21.8. The van der Waals surface area contributed by atoms with Gasteiger partial charge in [0.2, 0.25) is 0 Å². The monoisotopic (exact) mass is 618 g/mol.